The lowest BCUT2D eigenvalue weighted by Crippen LogP contribution is -2.17. The van der Waals surface area contributed by atoms with E-state index < -0.39 is 12.3 Å². The van der Waals surface area contributed by atoms with Gasteiger partial charge in [0.05, 0.1) is 0 Å². The summed E-state index contributed by atoms with van der Waals surface area (Å²) >= 11 is 0. The topological polar surface area (TPSA) is 90.1 Å². The standard InChI is InChI=1S/C12H9F3N4O2/c13-12(14,15)21-8-3-1-7(2-4-8)17-11(20)9-5-6-10(16)19-18-9/h1-6H,(H2,16,19)(H,17,20). The van der Waals surface area contributed by atoms with Crippen molar-refractivity contribution in [2.24, 2.45) is 0 Å². The van der Waals surface area contributed by atoms with Crippen LogP contribution in [0.25, 0.3) is 0 Å². The van der Waals surface area contributed by atoms with E-state index in [0.29, 0.717) is 0 Å². The number of alkyl halides is 3. The zero-order valence-corrected chi connectivity index (χ0v) is 10.4. The first-order chi connectivity index (χ1) is 9.83. The van der Waals surface area contributed by atoms with Gasteiger partial charge in [0.25, 0.3) is 5.91 Å². The number of carbonyl (C=O) groups excluding carboxylic acids is 1. The van der Waals surface area contributed by atoms with Crippen molar-refractivity contribution in [2.45, 2.75) is 6.36 Å². The molecule has 110 valence electrons. The molecule has 2 aromatic rings. The van der Waals surface area contributed by atoms with Crippen molar-refractivity contribution in [1.82, 2.24) is 10.2 Å². The molecular formula is C12H9F3N4O2. The smallest absolute Gasteiger partial charge is 0.406 e. The van der Waals surface area contributed by atoms with E-state index >= 15 is 0 Å². The highest BCUT2D eigenvalue weighted by Gasteiger charge is 2.30. The van der Waals surface area contributed by atoms with Gasteiger partial charge in [-0.3, -0.25) is 4.79 Å². The molecule has 3 N–H and O–H groups in total. The lowest BCUT2D eigenvalue weighted by molar-refractivity contribution is -0.274. The largest absolute Gasteiger partial charge is 0.573 e. The summed E-state index contributed by atoms with van der Waals surface area (Å²) in [7, 11) is 0. The van der Waals surface area contributed by atoms with Crippen molar-refractivity contribution in [3.63, 3.8) is 0 Å². The molecule has 0 saturated carbocycles. The summed E-state index contributed by atoms with van der Waals surface area (Å²) in [4.78, 5) is 11.8. The fraction of sp³-hybridized carbons (Fsp3) is 0.0833. The first-order valence-electron chi connectivity index (χ1n) is 5.60. The quantitative estimate of drug-likeness (QED) is 0.906. The lowest BCUT2D eigenvalue weighted by Gasteiger charge is -2.09. The molecule has 0 fully saturated rings. The number of nitrogen functional groups attached to an aromatic ring is 1. The minimum atomic E-state index is -4.76. The predicted octanol–water partition coefficient (Wildman–Crippen LogP) is 2.21. The number of benzene rings is 1. The first-order valence-corrected chi connectivity index (χ1v) is 5.60. The summed E-state index contributed by atoms with van der Waals surface area (Å²) in [5.74, 6) is -0.778. The van der Waals surface area contributed by atoms with Gasteiger partial charge in [0.15, 0.2) is 5.69 Å². The molecule has 6 nitrogen and oxygen atoms in total. The lowest BCUT2D eigenvalue weighted by atomic mass is 10.3. The summed E-state index contributed by atoms with van der Waals surface area (Å²) in [5, 5.41) is 9.55. The maximum absolute atomic E-state index is 12.0. The van der Waals surface area contributed by atoms with Gasteiger partial charge in [0.2, 0.25) is 0 Å². The van der Waals surface area contributed by atoms with Gasteiger partial charge in [-0.05, 0) is 36.4 Å². The molecule has 0 radical (unpaired) electrons. The Balaban J connectivity index is 2.03. The van der Waals surface area contributed by atoms with Gasteiger partial charge in [-0.25, -0.2) is 0 Å². The van der Waals surface area contributed by atoms with Crippen molar-refractivity contribution >= 4 is 17.4 Å². The summed E-state index contributed by atoms with van der Waals surface area (Å²) in [6.45, 7) is 0. The Kier molecular flexibility index (Phi) is 3.92. The number of ether oxygens (including phenoxy) is 1. The molecule has 0 aliphatic carbocycles. The Bertz CT molecular complexity index is 626. The molecule has 1 heterocycles. The normalized spacial score (nSPS) is 11.0. The average molecular weight is 298 g/mol. The van der Waals surface area contributed by atoms with Gasteiger partial charge >= 0.3 is 6.36 Å². The van der Waals surface area contributed by atoms with E-state index in [-0.39, 0.29) is 22.9 Å². The zero-order valence-electron chi connectivity index (χ0n) is 10.4. The Morgan fingerprint density at radius 2 is 1.76 bits per heavy atom. The number of rotatable bonds is 3. The highest BCUT2D eigenvalue weighted by atomic mass is 19.4. The number of hydrogen-bond donors (Lipinski definition) is 2. The third-order valence-electron chi connectivity index (χ3n) is 2.26. The summed E-state index contributed by atoms with van der Waals surface area (Å²) in [6.07, 6.45) is -4.76. The van der Waals surface area contributed by atoms with Crippen molar-refractivity contribution < 1.29 is 22.7 Å². The van der Waals surface area contributed by atoms with Crippen LogP contribution in [0.15, 0.2) is 36.4 Å². The van der Waals surface area contributed by atoms with Crippen LogP contribution >= 0.6 is 0 Å². The fourth-order valence-corrected chi connectivity index (χ4v) is 1.40. The number of nitrogens with two attached hydrogens (primary N) is 1. The molecule has 1 aromatic heterocycles. The molecule has 1 aromatic carbocycles. The Labute approximate surface area is 116 Å². The first kappa shape index (κ1) is 14.6. The van der Waals surface area contributed by atoms with Crippen LogP contribution in [-0.4, -0.2) is 22.5 Å². The number of anilines is 2. The number of aromatic nitrogens is 2. The predicted molar refractivity (Wildman–Crippen MR) is 67.5 cm³/mol. The maximum atomic E-state index is 12.0. The van der Waals surface area contributed by atoms with Crippen LogP contribution in [0, 0.1) is 0 Å². The molecule has 0 bridgehead atoms. The Morgan fingerprint density at radius 3 is 2.29 bits per heavy atom. The Hall–Kier alpha value is -2.84. The van der Waals surface area contributed by atoms with E-state index in [4.69, 9.17) is 5.73 Å². The van der Waals surface area contributed by atoms with Crippen LogP contribution < -0.4 is 15.8 Å². The molecule has 1 amide bonds. The maximum Gasteiger partial charge on any atom is 0.573 e. The number of nitrogens with one attached hydrogen (secondary N) is 1. The van der Waals surface area contributed by atoms with Gasteiger partial charge in [-0.15, -0.1) is 23.4 Å². The average Bonchev–Trinajstić information content (AvgIpc) is 2.40. The molecule has 0 atom stereocenters. The van der Waals surface area contributed by atoms with Crippen molar-refractivity contribution in [3.05, 3.63) is 42.1 Å². The van der Waals surface area contributed by atoms with E-state index in [1.807, 2.05) is 0 Å². The van der Waals surface area contributed by atoms with E-state index in [2.05, 4.69) is 20.3 Å². The second kappa shape index (κ2) is 5.65. The molecule has 0 aliphatic rings. The number of hydrogen-bond acceptors (Lipinski definition) is 5. The van der Waals surface area contributed by atoms with Gasteiger partial charge in [-0.2, -0.15) is 0 Å². The Morgan fingerprint density at radius 1 is 1.10 bits per heavy atom. The molecule has 2 rings (SSSR count). The van der Waals surface area contributed by atoms with Crippen LogP contribution in [0.4, 0.5) is 24.7 Å². The van der Waals surface area contributed by atoms with Crippen LogP contribution in [0.3, 0.4) is 0 Å². The number of amides is 1. The van der Waals surface area contributed by atoms with Crippen LogP contribution in [0.1, 0.15) is 10.5 Å². The second-order valence-electron chi connectivity index (χ2n) is 3.87. The summed E-state index contributed by atoms with van der Waals surface area (Å²) in [5.41, 5.74) is 5.65. The third-order valence-corrected chi connectivity index (χ3v) is 2.26. The van der Waals surface area contributed by atoms with Gasteiger partial charge in [-0.1, -0.05) is 0 Å². The molecular weight excluding hydrogens is 289 g/mol. The van der Waals surface area contributed by atoms with E-state index in [9.17, 15) is 18.0 Å². The number of carbonyl (C=O) groups is 1. The molecule has 0 spiro atoms. The molecule has 0 saturated heterocycles. The van der Waals surface area contributed by atoms with Gasteiger partial charge in [0, 0.05) is 5.69 Å². The van der Waals surface area contributed by atoms with Crippen molar-refractivity contribution in [3.8, 4) is 5.75 Å². The van der Waals surface area contributed by atoms with Crippen LogP contribution in [0.5, 0.6) is 5.75 Å². The van der Waals surface area contributed by atoms with Gasteiger partial charge in [0.1, 0.15) is 11.6 Å². The minimum Gasteiger partial charge on any atom is -0.406 e. The van der Waals surface area contributed by atoms with E-state index in [1.54, 1.807) is 0 Å². The van der Waals surface area contributed by atoms with Crippen molar-refractivity contribution in [1.29, 1.82) is 0 Å². The molecule has 9 heteroatoms. The molecule has 0 unspecified atom stereocenters. The minimum absolute atomic E-state index is 0.0276. The van der Waals surface area contributed by atoms with E-state index in [1.165, 1.54) is 24.3 Å². The third kappa shape index (κ3) is 4.34. The number of nitrogens with zero attached hydrogens (tertiary/aromatic N) is 2. The molecule has 21 heavy (non-hydrogen) atoms. The summed E-state index contributed by atoms with van der Waals surface area (Å²) < 4.78 is 39.7. The van der Waals surface area contributed by atoms with Gasteiger partial charge < -0.3 is 15.8 Å². The fourth-order valence-electron chi connectivity index (χ4n) is 1.40. The molecule has 0 aliphatic heterocycles. The van der Waals surface area contributed by atoms with Crippen LogP contribution in [0.2, 0.25) is 0 Å². The van der Waals surface area contributed by atoms with Crippen molar-refractivity contribution in [2.75, 3.05) is 11.1 Å². The SMILES string of the molecule is Nc1ccc(C(=O)Nc2ccc(OC(F)(F)F)cc2)nn1. The second-order valence-corrected chi connectivity index (χ2v) is 3.87. The highest BCUT2D eigenvalue weighted by Crippen LogP contribution is 2.24. The summed E-state index contributed by atoms with van der Waals surface area (Å²) in [6, 6.07) is 7.48. The van der Waals surface area contributed by atoms with E-state index in [0.717, 1.165) is 12.1 Å². The van der Waals surface area contributed by atoms with Crippen LogP contribution in [-0.2, 0) is 0 Å². The zero-order chi connectivity index (χ0) is 15.5. The monoisotopic (exact) mass is 298 g/mol. The highest BCUT2D eigenvalue weighted by molar-refractivity contribution is 6.02. The number of halogens is 3.